The quantitative estimate of drug-likeness (QED) is 0.871. The summed E-state index contributed by atoms with van der Waals surface area (Å²) < 4.78 is 0. The number of carboxylic acid groups (broad SMARTS) is 1. The second kappa shape index (κ2) is 5.91. The zero-order valence-corrected chi connectivity index (χ0v) is 14.8. The Balaban J connectivity index is 1.78. The summed E-state index contributed by atoms with van der Waals surface area (Å²) >= 11 is 0. The number of hydrogen-bond donors (Lipinski definition) is 2. The highest BCUT2D eigenvalue weighted by atomic mass is 16.4. The van der Waals surface area contributed by atoms with Crippen LogP contribution in [-0.4, -0.2) is 22.5 Å². The molecule has 3 atom stereocenters. The molecule has 0 aliphatic heterocycles. The molecular weight excluding hydrogens is 302 g/mol. The van der Waals surface area contributed by atoms with Gasteiger partial charge in [0.1, 0.15) is 0 Å². The summed E-state index contributed by atoms with van der Waals surface area (Å²) in [5, 5.41) is 12.3. The number of fused-ring (bicyclic) bond motifs is 2. The van der Waals surface area contributed by atoms with Crippen molar-refractivity contribution in [2.45, 2.75) is 63.8 Å². The zero-order valence-electron chi connectivity index (χ0n) is 14.8. The van der Waals surface area contributed by atoms with Crippen molar-refractivity contribution in [1.29, 1.82) is 0 Å². The average molecular weight is 329 g/mol. The highest BCUT2D eigenvalue weighted by Gasteiger charge is 2.60. The molecular formula is C20H27NO3. The molecule has 0 bridgehead atoms. The van der Waals surface area contributed by atoms with E-state index in [-0.39, 0.29) is 29.6 Å². The van der Waals surface area contributed by atoms with Gasteiger partial charge in [0.25, 0.3) is 0 Å². The highest BCUT2D eigenvalue weighted by molar-refractivity contribution is 5.86. The van der Waals surface area contributed by atoms with Crippen molar-refractivity contribution < 1.29 is 14.7 Å². The summed E-state index contributed by atoms with van der Waals surface area (Å²) in [6, 6.07) is 8.46. The number of aliphatic carboxylic acids is 1. The third kappa shape index (κ3) is 2.83. The maximum absolute atomic E-state index is 12.9. The van der Waals surface area contributed by atoms with Crippen molar-refractivity contribution in [3.8, 4) is 0 Å². The molecule has 3 rings (SSSR count). The van der Waals surface area contributed by atoms with E-state index in [1.54, 1.807) is 0 Å². The molecule has 1 saturated carbocycles. The minimum Gasteiger partial charge on any atom is -0.481 e. The highest BCUT2D eigenvalue weighted by Crippen LogP contribution is 2.60. The van der Waals surface area contributed by atoms with E-state index in [0.29, 0.717) is 0 Å². The van der Waals surface area contributed by atoms with Crippen LogP contribution < -0.4 is 5.32 Å². The summed E-state index contributed by atoms with van der Waals surface area (Å²) in [4.78, 5) is 24.1. The SMILES string of the molecule is CC(C)C(C)(CC(=O)O)NC(=O)C1CC12CCCc1ccccc12. The fourth-order valence-corrected chi connectivity index (χ4v) is 4.25. The van der Waals surface area contributed by atoms with Gasteiger partial charge in [-0.05, 0) is 49.7 Å². The van der Waals surface area contributed by atoms with Crippen LogP contribution in [-0.2, 0) is 21.4 Å². The van der Waals surface area contributed by atoms with E-state index in [1.807, 2.05) is 20.8 Å². The molecule has 24 heavy (non-hydrogen) atoms. The molecule has 1 fully saturated rings. The molecule has 1 spiro atoms. The lowest BCUT2D eigenvalue weighted by Crippen LogP contribution is -2.52. The van der Waals surface area contributed by atoms with Crippen LogP contribution in [0.2, 0.25) is 0 Å². The number of rotatable bonds is 5. The van der Waals surface area contributed by atoms with Gasteiger partial charge in [-0.3, -0.25) is 9.59 Å². The first-order valence-corrected chi connectivity index (χ1v) is 8.91. The van der Waals surface area contributed by atoms with E-state index in [1.165, 1.54) is 11.1 Å². The van der Waals surface area contributed by atoms with Crippen LogP contribution in [0.25, 0.3) is 0 Å². The van der Waals surface area contributed by atoms with Gasteiger partial charge in [-0.25, -0.2) is 0 Å². The second-order valence-corrected chi connectivity index (χ2v) is 8.06. The van der Waals surface area contributed by atoms with Crippen LogP contribution in [0.1, 0.15) is 57.6 Å². The van der Waals surface area contributed by atoms with Crippen LogP contribution in [0.4, 0.5) is 0 Å². The number of nitrogens with one attached hydrogen (secondary N) is 1. The lowest BCUT2D eigenvalue weighted by molar-refractivity contribution is -0.139. The Morgan fingerprint density at radius 2 is 2.08 bits per heavy atom. The van der Waals surface area contributed by atoms with Crippen LogP contribution in [0.3, 0.4) is 0 Å². The van der Waals surface area contributed by atoms with Crippen LogP contribution in [0.5, 0.6) is 0 Å². The molecule has 130 valence electrons. The van der Waals surface area contributed by atoms with Gasteiger partial charge >= 0.3 is 5.97 Å². The predicted molar refractivity (Wildman–Crippen MR) is 92.8 cm³/mol. The Morgan fingerprint density at radius 1 is 1.38 bits per heavy atom. The number of benzene rings is 1. The summed E-state index contributed by atoms with van der Waals surface area (Å²) in [7, 11) is 0. The molecule has 1 aromatic rings. The molecule has 0 radical (unpaired) electrons. The fourth-order valence-electron chi connectivity index (χ4n) is 4.25. The van der Waals surface area contributed by atoms with E-state index in [9.17, 15) is 14.7 Å². The van der Waals surface area contributed by atoms with Crippen LogP contribution in [0.15, 0.2) is 24.3 Å². The van der Waals surface area contributed by atoms with E-state index < -0.39 is 11.5 Å². The van der Waals surface area contributed by atoms with E-state index >= 15 is 0 Å². The third-order valence-electron chi connectivity index (χ3n) is 6.22. The van der Waals surface area contributed by atoms with Gasteiger partial charge < -0.3 is 10.4 Å². The Labute approximate surface area is 143 Å². The van der Waals surface area contributed by atoms with Crippen molar-refractivity contribution in [2.24, 2.45) is 11.8 Å². The number of carboxylic acids is 1. The smallest absolute Gasteiger partial charge is 0.305 e. The van der Waals surface area contributed by atoms with Gasteiger partial charge in [0.2, 0.25) is 5.91 Å². The van der Waals surface area contributed by atoms with E-state index in [2.05, 4.69) is 29.6 Å². The monoisotopic (exact) mass is 329 g/mol. The maximum atomic E-state index is 12.9. The topological polar surface area (TPSA) is 66.4 Å². The Morgan fingerprint density at radius 3 is 2.75 bits per heavy atom. The summed E-state index contributed by atoms with van der Waals surface area (Å²) in [5.74, 6) is -0.819. The Bertz CT molecular complexity index is 669. The molecule has 4 heteroatoms. The number of carbonyl (C=O) groups is 2. The number of hydrogen-bond acceptors (Lipinski definition) is 2. The van der Waals surface area contributed by atoms with Crippen molar-refractivity contribution in [2.75, 3.05) is 0 Å². The Hall–Kier alpha value is -1.84. The van der Waals surface area contributed by atoms with Gasteiger partial charge in [0, 0.05) is 16.9 Å². The first-order valence-electron chi connectivity index (χ1n) is 8.91. The van der Waals surface area contributed by atoms with Crippen LogP contribution >= 0.6 is 0 Å². The number of carbonyl (C=O) groups excluding carboxylic acids is 1. The van der Waals surface area contributed by atoms with Crippen molar-refractivity contribution in [3.05, 3.63) is 35.4 Å². The molecule has 1 aromatic carbocycles. The molecule has 4 nitrogen and oxygen atoms in total. The van der Waals surface area contributed by atoms with Crippen LogP contribution in [0, 0.1) is 11.8 Å². The molecule has 0 saturated heterocycles. The minimum atomic E-state index is -0.875. The third-order valence-corrected chi connectivity index (χ3v) is 6.22. The largest absolute Gasteiger partial charge is 0.481 e. The van der Waals surface area contributed by atoms with Crippen molar-refractivity contribution in [1.82, 2.24) is 5.32 Å². The normalized spacial score (nSPS) is 27.4. The maximum Gasteiger partial charge on any atom is 0.305 e. The molecule has 1 amide bonds. The number of aryl methyl sites for hydroxylation is 1. The molecule has 0 aromatic heterocycles. The molecule has 2 aliphatic carbocycles. The summed E-state index contributed by atoms with van der Waals surface area (Å²) in [5.41, 5.74) is 1.98. The van der Waals surface area contributed by atoms with Crippen molar-refractivity contribution >= 4 is 11.9 Å². The average Bonchev–Trinajstić information content (AvgIpc) is 3.22. The van der Waals surface area contributed by atoms with Gasteiger partial charge in [-0.1, -0.05) is 38.1 Å². The lowest BCUT2D eigenvalue weighted by atomic mass is 9.78. The first kappa shape index (κ1) is 17.0. The van der Waals surface area contributed by atoms with Gasteiger partial charge in [0.05, 0.1) is 6.42 Å². The number of amides is 1. The van der Waals surface area contributed by atoms with Gasteiger partial charge in [0.15, 0.2) is 0 Å². The van der Waals surface area contributed by atoms with Crippen molar-refractivity contribution in [3.63, 3.8) is 0 Å². The zero-order chi connectivity index (χ0) is 17.5. The van der Waals surface area contributed by atoms with E-state index in [4.69, 9.17) is 0 Å². The molecule has 2 aliphatic rings. The predicted octanol–water partition coefficient (Wildman–Crippen LogP) is 3.29. The summed E-state index contributed by atoms with van der Waals surface area (Å²) in [6.07, 6.45) is 4.11. The fraction of sp³-hybridized carbons (Fsp3) is 0.600. The Kier molecular flexibility index (Phi) is 4.18. The molecule has 2 N–H and O–H groups in total. The lowest BCUT2D eigenvalue weighted by Gasteiger charge is -2.34. The molecule has 3 unspecified atom stereocenters. The minimum absolute atomic E-state index is 0.0138. The molecule has 0 heterocycles. The second-order valence-electron chi connectivity index (χ2n) is 8.06. The summed E-state index contributed by atoms with van der Waals surface area (Å²) in [6.45, 7) is 5.76. The van der Waals surface area contributed by atoms with Gasteiger partial charge in [-0.2, -0.15) is 0 Å². The van der Waals surface area contributed by atoms with Gasteiger partial charge in [-0.15, -0.1) is 0 Å². The first-order chi connectivity index (χ1) is 11.3. The standard InChI is InChI=1S/C20H27NO3/c1-13(2)19(3,12-17(22)23)21-18(24)16-11-20(16)10-6-8-14-7-4-5-9-15(14)20/h4-5,7,9,13,16H,6,8,10-12H2,1-3H3,(H,21,24)(H,22,23). The van der Waals surface area contributed by atoms with E-state index in [0.717, 1.165) is 25.7 Å².